The third-order valence-electron chi connectivity index (χ3n) is 3.75. The van der Waals surface area contributed by atoms with Crippen LogP contribution in [0.2, 0.25) is 0 Å². The van der Waals surface area contributed by atoms with Gasteiger partial charge in [0.05, 0.1) is 5.75 Å². The van der Waals surface area contributed by atoms with E-state index in [9.17, 15) is 0 Å². The van der Waals surface area contributed by atoms with Gasteiger partial charge in [0.1, 0.15) is 5.69 Å². The molecule has 0 unspecified atom stereocenters. The van der Waals surface area contributed by atoms with Crippen LogP contribution in [-0.4, -0.2) is 20.4 Å². The van der Waals surface area contributed by atoms with E-state index in [2.05, 4.69) is 15.1 Å². The van der Waals surface area contributed by atoms with E-state index in [4.69, 9.17) is 10.3 Å². The monoisotopic (exact) mass is 304 g/mol. The molecule has 0 bridgehead atoms. The molecule has 3 rings (SSSR count). The number of rotatable bonds is 5. The van der Waals surface area contributed by atoms with Gasteiger partial charge in [0.25, 0.3) is 5.89 Å². The predicted octanol–water partition coefficient (Wildman–Crippen LogP) is 3.16. The highest BCUT2D eigenvalue weighted by Crippen LogP contribution is 2.30. The van der Waals surface area contributed by atoms with Gasteiger partial charge in [-0.25, -0.2) is 0 Å². The molecule has 2 N–H and O–H groups in total. The maximum atomic E-state index is 5.56. The standard InChI is InChI=1S/C15H20N4OS/c16-8-11-6-7-13(17-9-11)15-18-14(19-20-15)10-21-12-4-2-1-3-5-12/h6-7,9,12H,1-5,8,10,16H2. The van der Waals surface area contributed by atoms with Gasteiger partial charge in [-0.1, -0.05) is 30.5 Å². The van der Waals surface area contributed by atoms with Gasteiger partial charge in [0, 0.05) is 18.0 Å². The molecule has 6 heteroatoms. The van der Waals surface area contributed by atoms with Crippen LogP contribution in [0.15, 0.2) is 22.9 Å². The fraction of sp³-hybridized carbons (Fsp3) is 0.533. The number of hydrogen-bond acceptors (Lipinski definition) is 6. The van der Waals surface area contributed by atoms with E-state index in [1.807, 2.05) is 23.9 Å². The summed E-state index contributed by atoms with van der Waals surface area (Å²) >= 11 is 1.94. The van der Waals surface area contributed by atoms with Crippen molar-refractivity contribution in [2.75, 3.05) is 0 Å². The zero-order valence-corrected chi connectivity index (χ0v) is 12.8. The van der Waals surface area contributed by atoms with Gasteiger partial charge >= 0.3 is 0 Å². The van der Waals surface area contributed by atoms with Gasteiger partial charge in [0.2, 0.25) is 0 Å². The second kappa shape index (κ2) is 7.04. The number of hydrogen-bond donors (Lipinski definition) is 1. The summed E-state index contributed by atoms with van der Waals surface area (Å²) in [5.41, 5.74) is 7.25. The molecular weight excluding hydrogens is 284 g/mol. The molecule has 1 aliphatic rings. The molecule has 0 saturated heterocycles. The van der Waals surface area contributed by atoms with Crippen molar-refractivity contribution in [1.82, 2.24) is 15.1 Å². The molecule has 112 valence electrons. The Hall–Kier alpha value is -1.40. The fourth-order valence-electron chi connectivity index (χ4n) is 2.51. The molecule has 21 heavy (non-hydrogen) atoms. The fourth-order valence-corrected chi connectivity index (χ4v) is 3.68. The van der Waals surface area contributed by atoms with E-state index in [1.165, 1.54) is 32.1 Å². The van der Waals surface area contributed by atoms with Crippen molar-refractivity contribution in [3.8, 4) is 11.6 Å². The number of nitrogens with zero attached hydrogens (tertiary/aromatic N) is 3. The first-order valence-corrected chi connectivity index (χ1v) is 8.49. The average molecular weight is 304 g/mol. The smallest absolute Gasteiger partial charge is 0.276 e. The van der Waals surface area contributed by atoms with Crippen molar-refractivity contribution in [3.63, 3.8) is 0 Å². The first kappa shape index (κ1) is 14.5. The number of pyridine rings is 1. The Kier molecular flexibility index (Phi) is 4.87. The minimum atomic E-state index is 0.484. The van der Waals surface area contributed by atoms with E-state index in [0.29, 0.717) is 18.1 Å². The highest BCUT2D eigenvalue weighted by Gasteiger charge is 2.16. The zero-order valence-electron chi connectivity index (χ0n) is 12.0. The molecule has 1 aliphatic carbocycles. The summed E-state index contributed by atoms with van der Waals surface area (Å²) < 4.78 is 5.30. The van der Waals surface area contributed by atoms with Crippen molar-refractivity contribution in [2.45, 2.75) is 49.7 Å². The lowest BCUT2D eigenvalue weighted by atomic mass is 10.0. The van der Waals surface area contributed by atoms with Crippen molar-refractivity contribution in [3.05, 3.63) is 29.7 Å². The summed E-state index contributed by atoms with van der Waals surface area (Å²) in [6, 6.07) is 3.80. The molecule has 0 spiro atoms. The van der Waals surface area contributed by atoms with Crippen molar-refractivity contribution in [1.29, 1.82) is 0 Å². The zero-order chi connectivity index (χ0) is 14.5. The van der Waals surface area contributed by atoms with Crippen LogP contribution in [-0.2, 0) is 12.3 Å². The molecule has 2 heterocycles. The molecular formula is C15H20N4OS. The molecule has 2 aromatic heterocycles. The Balaban J connectivity index is 1.59. The lowest BCUT2D eigenvalue weighted by molar-refractivity contribution is 0.423. The van der Waals surface area contributed by atoms with Crippen molar-refractivity contribution in [2.24, 2.45) is 5.73 Å². The summed E-state index contributed by atoms with van der Waals surface area (Å²) in [6.07, 6.45) is 8.47. The van der Waals surface area contributed by atoms with Crippen LogP contribution >= 0.6 is 11.8 Å². The molecule has 0 aromatic carbocycles. The van der Waals surface area contributed by atoms with Gasteiger partial charge in [-0.05, 0) is 24.5 Å². The van der Waals surface area contributed by atoms with E-state index in [0.717, 1.165) is 22.4 Å². The van der Waals surface area contributed by atoms with Gasteiger partial charge in [0.15, 0.2) is 5.82 Å². The Morgan fingerprint density at radius 1 is 1.24 bits per heavy atom. The Labute approximate surface area is 128 Å². The summed E-state index contributed by atoms with van der Waals surface area (Å²) in [4.78, 5) is 8.73. The number of nitrogens with two attached hydrogens (primary N) is 1. The maximum Gasteiger partial charge on any atom is 0.276 e. The largest absolute Gasteiger partial charge is 0.332 e. The van der Waals surface area contributed by atoms with Gasteiger partial charge < -0.3 is 10.3 Å². The van der Waals surface area contributed by atoms with E-state index in [1.54, 1.807) is 6.20 Å². The minimum absolute atomic E-state index is 0.484. The summed E-state index contributed by atoms with van der Waals surface area (Å²) in [7, 11) is 0. The SMILES string of the molecule is NCc1ccc(-c2nc(CSC3CCCCC3)no2)nc1. The van der Waals surface area contributed by atoms with Crippen molar-refractivity contribution >= 4 is 11.8 Å². The quantitative estimate of drug-likeness (QED) is 0.914. The summed E-state index contributed by atoms with van der Waals surface area (Å²) in [6.45, 7) is 0.486. The van der Waals surface area contributed by atoms with Crippen LogP contribution < -0.4 is 5.73 Å². The highest BCUT2D eigenvalue weighted by molar-refractivity contribution is 7.99. The Bertz CT molecular complexity index is 563. The Morgan fingerprint density at radius 3 is 2.81 bits per heavy atom. The van der Waals surface area contributed by atoms with Crippen LogP contribution in [0.1, 0.15) is 43.5 Å². The minimum Gasteiger partial charge on any atom is -0.332 e. The predicted molar refractivity (Wildman–Crippen MR) is 83.6 cm³/mol. The van der Waals surface area contributed by atoms with Crippen LogP contribution in [0, 0.1) is 0 Å². The van der Waals surface area contributed by atoms with E-state index < -0.39 is 0 Å². The maximum absolute atomic E-state index is 5.56. The summed E-state index contributed by atoms with van der Waals surface area (Å²) in [5.74, 6) is 2.05. The molecule has 1 fully saturated rings. The number of aromatic nitrogens is 3. The first-order valence-electron chi connectivity index (χ1n) is 7.44. The Morgan fingerprint density at radius 2 is 2.10 bits per heavy atom. The van der Waals surface area contributed by atoms with Crippen molar-refractivity contribution < 1.29 is 4.52 Å². The molecule has 1 saturated carbocycles. The molecule has 0 atom stereocenters. The van der Waals surface area contributed by atoms with Gasteiger partial charge in [-0.2, -0.15) is 16.7 Å². The molecule has 0 radical (unpaired) electrons. The molecule has 5 nitrogen and oxygen atoms in total. The number of thioether (sulfide) groups is 1. The van der Waals surface area contributed by atoms with Crippen LogP contribution in [0.25, 0.3) is 11.6 Å². The lowest BCUT2D eigenvalue weighted by Crippen LogP contribution is -2.08. The van der Waals surface area contributed by atoms with Crippen LogP contribution in [0.4, 0.5) is 0 Å². The third-order valence-corrected chi connectivity index (χ3v) is 5.12. The van der Waals surface area contributed by atoms with Gasteiger partial charge in [-0.3, -0.25) is 4.98 Å². The summed E-state index contributed by atoms with van der Waals surface area (Å²) in [5, 5.41) is 4.80. The third kappa shape index (κ3) is 3.83. The van der Waals surface area contributed by atoms with Crippen LogP contribution in [0.3, 0.4) is 0 Å². The average Bonchev–Trinajstić information content (AvgIpc) is 3.03. The lowest BCUT2D eigenvalue weighted by Gasteiger charge is -2.19. The second-order valence-electron chi connectivity index (χ2n) is 5.34. The molecule has 0 aliphatic heterocycles. The highest BCUT2D eigenvalue weighted by atomic mass is 32.2. The molecule has 0 amide bonds. The van der Waals surface area contributed by atoms with Gasteiger partial charge in [-0.15, -0.1) is 0 Å². The first-order chi connectivity index (χ1) is 10.3. The van der Waals surface area contributed by atoms with E-state index >= 15 is 0 Å². The van der Waals surface area contributed by atoms with Crippen LogP contribution in [0.5, 0.6) is 0 Å². The second-order valence-corrected chi connectivity index (χ2v) is 6.63. The normalized spacial score (nSPS) is 16.2. The molecule has 2 aromatic rings. The topological polar surface area (TPSA) is 77.8 Å². The van der Waals surface area contributed by atoms with E-state index in [-0.39, 0.29) is 0 Å².